The summed E-state index contributed by atoms with van der Waals surface area (Å²) in [5.41, 5.74) is 0. The molecule has 0 unspecified atom stereocenters. The summed E-state index contributed by atoms with van der Waals surface area (Å²) in [6.07, 6.45) is 14.0. The van der Waals surface area contributed by atoms with Gasteiger partial charge in [0, 0.05) is 16.8 Å². The Kier molecular flexibility index (Phi) is 6.10. The van der Waals surface area contributed by atoms with Crippen LogP contribution in [0.15, 0.2) is 24.3 Å². The number of hydrogen-bond donors (Lipinski definition) is 0. The molecule has 0 heterocycles. The van der Waals surface area contributed by atoms with Gasteiger partial charge in [0.1, 0.15) is 0 Å². The van der Waals surface area contributed by atoms with Gasteiger partial charge in [-0.15, -0.1) is 0 Å². The first-order valence-electron chi connectivity index (χ1n) is 3.30. The van der Waals surface area contributed by atoms with Crippen LogP contribution in [0, 0.1) is 0 Å². The predicted molar refractivity (Wildman–Crippen MR) is 36.7 cm³/mol. The molecular formula is C8H12Co. The van der Waals surface area contributed by atoms with Crippen LogP contribution in [-0.4, -0.2) is 0 Å². The molecule has 1 radical (unpaired) electrons. The molecule has 0 aliphatic heterocycles. The fraction of sp³-hybridized carbons (Fsp3) is 0.500. The van der Waals surface area contributed by atoms with Crippen molar-refractivity contribution in [2.24, 2.45) is 0 Å². The van der Waals surface area contributed by atoms with Gasteiger partial charge in [0.15, 0.2) is 0 Å². The van der Waals surface area contributed by atoms with Crippen molar-refractivity contribution in [3.63, 3.8) is 0 Å². The summed E-state index contributed by atoms with van der Waals surface area (Å²) in [4.78, 5) is 0. The van der Waals surface area contributed by atoms with E-state index in [1.807, 2.05) is 0 Å². The molecule has 0 saturated heterocycles. The molecule has 0 atom stereocenters. The van der Waals surface area contributed by atoms with Crippen LogP contribution in [0.5, 0.6) is 0 Å². The summed E-state index contributed by atoms with van der Waals surface area (Å²) in [7, 11) is 0. The molecule has 1 heteroatoms. The summed E-state index contributed by atoms with van der Waals surface area (Å²) in [5, 5.41) is 0. The second-order valence-electron chi connectivity index (χ2n) is 2.10. The second-order valence-corrected chi connectivity index (χ2v) is 2.10. The molecule has 0 fully saturated rings. The summed E-state index contributed by atoms with van der Waals surface area (Å²) < 4.78 is 0. The summed E-state index contributed by atoms with van der Waals surface area (Å²) in [6, 6.07) is 0. The first kappa shape index (κ1) is 8.99. The molecule has 0 spiro atoms. The molecule has 53 valence electrons. The van der Waals surface area contributed by atoms with Gasteiger partial charge < -0.3 is 0 Å². The van der Waals surface area contributed by atoms with E-state index < -0.39 is 0 Å². The molecule has 1 rings (SSSR count). The Balaban J connectivity index is 0.000000640. The van der Waals surface area contributed by atoms with Gasteiger partial charge in [-0.3, -0.25) is 0 Å². The standard InChI is InChI=1S/C8H12.Co/c1-2-4-6-8-7-5-3-1;/h1-2,7-8H,3-6H2;/b2-1-,8-7-;. The average Bonchev–Trinajstić information content (AvgIpc) is 1.62. The topological polar surface area (TPSA) is 0 Å². The maximum atomic E-state index is 2.27. The first-order valence-corrected chi connectivity index (χ1v) is 3.30. The molecule has 0 bridgehead atoms. The van der Waals surface area contributed by atoms with Crippen LogP contribution < -0.4 is 0 Å². The van der Waals surface area contributed by atoms with Gasteiger partial charge in [0.25, 0.3) is 0 Å². The Hall–Kier alpha value is -0.0135. The van der Waals surface area contributed by atoms with Crippen molar-refractivity contribution in [2.45, 2.75) is 25.7 Å². The minimum absolute atomic E-state index is 0. The van der Waals surface area contributed by atoms with Gasteiger partial charge >= 0.3 is 0 Å². The first-order chi connectivity index (χ1) is 4.00. The Bertz CT molecular complexity index is 77.1. The van der Waals surface area contributed by atoms with E-state index in [1.54, 1.807) is 0 Å². The fourth-order valence-electron chi connectivity index (χ4n) is 0.856. The zero-order valence-corrected chi connectivity index (χ0v) is 6.51. The van der Waals surface area contributed by atoms with E-state index in [2.05, 4.69) is 24.3 Å². The third-order valence-electron chi connectivity index (χ3n) is 1.33. The van der Waals surface area contributed by atoms with Gasteiger partial charge in [0.05, 0.1) is 0 Å². The minimum Gasteiger partial charge on any atom is -0.0882 e. The molecule has 0 aromatic heterocycles. The minimum atomic E-state index is 0. The van der Waals surface area contributed by atoms with Crippen molar-refractivity contribution in [3.05, 3.63) is 24.3 Å². The molecule has 1 aliphatic rings. The van der Waals surface area contributed by atoms with E-state index >= 15 is 0 Å². The largest absolute Gasteiger partial charge is 0.0882 e. The quantitative estimate of drug-likeness (QED) is 0.486. The smallest absolute Gasteiger partial charge is 0 e. The molecule has 0 aromatic rings. The van der Waals surface area contributed by atoms with Crippen LogP contribution in [0.25, 0.3) is 0 Å². The van der Waals surface area contributed by atoms with Crippen LogP contribution in [0.1, 0.15) is 25.7 Å². The normalized spacial score (nSPS) is 24.9. The average molecular weight is 167 g/mol. The van der Waals surface area contributed by atoms with E-state index in [0.29, 0.717) is 0 Å². The maximum absolute atomic E-state index is 2.27. The van der Waals surface area contributed by atoms with Crippen LogP contribution in [0.4, 0.5) is 0 Å². The van der Waals surface area contributed by atoms with Gasteiger partial charge in [-0.05, 0) is 25.7 Å². The number of rotatable bonds is 0. The van der Waals surface area contributed by atoms with E-state index in [-0.39, 0.29) is 16.8 Å². The van der Waals surface area contributed by atoms with Crippen molar-refractivity contribution in [1.82, 2.24) is 0 Å². The Labute approximate surface area is 67.2 Å². The molecule has 1 aliphatic carbocycles. The molecule has 0 saturated carbocycles. The Morgan fingerprint density at radius 1 is 0.556 bits per heavy atom. The molecule has 0 amide bonds. The maximum Gasteiger partial charge on any atom is 0 e. The predicted octanol–water partition coefficient (Wildman–Crippen LogP) is 2.67. The molecular weight excluding hydrogens is 155 g/mol. The third kappa shape index (κ3) is 4.49. The van der Waals surface area contributed by atoms with Crippen LogP contribution in [-0.2, 0) is 16.8 Å². The summed E-state index contributed by atoms with van der Waals surface area (Å²) in [5.74, 6) is 0. The summed E-state index contributed by atoms with van der Waals surface area (Å²) in [6.45, 7) is 0. The van der Waals surface area contributed by atoms with Crippen LogP contribution >= 0.6 is 0 Å². The summed E-state index contributed by atoms with van der Waals surface area (Å²) >= 11 is 0. The second kappa shape index (κ2) is 6.11. The molecule has 0 nitrogen and oxygen atoms in total. The van der Waals surface area contributed by atoms with Gasteiger partial charge in [-0.25, -0.2) is 0 Å². The third-order valence-corrected chi connectivity index (χ3v) is 1.33. The molecule has 0 N–H and O–H groups in total. The van der Waals surface area contributed by atoms with Crippen molar-refractivity contribution >= 4 is 0 Å². The number of hydrogen-bond acceptors (Lipinski definition) is 0. The zero-order chi connectivity index (χ0) is 5.66. The molecule has 0 aromatic carbocycles. The molecule has 9 heavy (non-hydrogen) atoms. The van der Waals surface area contributed by atoms with Crippen molar-refractivity contribution in [3.8, 4) is 0 Å². The fourth-order valence-corrected chi connectivity index (χ4v) is 0.856. The Morgan fingerprint density at radius 2 is 0.778 bits per heavy atom. The van der Waals surface area contributed by atoms with E-state index in [1.165, 1.54) is 25.7 Å². The van der Waals surface area contributed by atoms with Crippen molar-refractivity contribution < 1.29 is 16.8 Å². The van der Waals surface area contributed by atoms with Crippen molar-refractivity contribution in [2.75, 3.05) is 0 Å². The zero-order valence-electron chi connectivity index (χ0n) is 5.47. The monoisotopic (exact) mass is 167 g/mol. The van der Waals surface area contributed by atoms with Crippen LogP contribution in [0.2, 0.25) is 0 Å². The van der Waals surface area contributed by atoms with E-state index in [9.17, 15) is 0 Å². The van der Waals surface area contributed by atoms with Crippen molar-refractivity contribution in [1.29, 1.82) is 0 Å². The van der Waals surface area contributed by atoms with Gasteiger partial charge in [-0.1, -0.05) is 24.3 Å². The van der Waals surface area contributed by atoms with Crippen LogP contribution in [0.3, 0.4) is 0 Å². The van der Waals surface area contributed by atoms with E-state index in [4.69, 9.17) is 0 Å². The Morgan fingerprint density at radius 3 is 1.00 bits per heavy atom. The van der Waals surface area contributed by atoms with Gasteiger partial charge in [-0.2, -0.15) is 0 Å². The van der Waals surface area contributed by atoms with E-state index in [0.717, 1.165) is 0 Å². The van der Waals surface area contributed by atoms with Gasteiger partial charge in [0.2, 0.25) is 0 Å². The number of allylic oxidation sites excluding steroid dienone is 4. The SMILES string of the molecule is C1=C\CC/C=C\CC/1.[Co].